The highest BCUT2D eigenvalue weighted by Gasteiger charge is 2.12. The first-order valence-corrected chi connectivity index (χ1v) is 7.76. The number of hydrogen-bond acceptors (Lipinski definition) is 4. The minimum Gasteiger partial charge on any atom is -0.397 e. The predicted molar refractivity (Wildman–Crippen MR) is 80.7 cm³/mol. The normalized spacial score (nSPS) is 12.9. The van der Waals surface area contributed by atoms with Gasteiger partial charge in [0.05, 0.1) is 16.3 Å². The monoisotopic (exact) mass is 309 g/mol. The summed E-state index contributed by atoms with van der Waals surface area (Å²) in [6, 6.07) is 10.2. The lowest BCUT2D eigenvalue weighted by molar-refractivity contribution is 0.598. The van der Waals surface area contributed by atoms with Gasteiger partial charge in [-0.15, -0.1) is 0 Å². The third-order valence-corrected chi connectivity index (χ3v) is 4.00. The molecule has 0 aliphatic rings. The van der Waals surface area contributed by atoms with E-state index in [1.165, 1.54) is 24.3 Å². The molecule has 7 heteroatoms. The third-order valence-electron chi connectivity index (χ3n) is 3.09. The van der Waals surface area contributed by atoms with E-state index in [9.17, 15) is 12.8 Å². The summed E-state index contributed by atoms with van der Waals surface area (Å²) < 4.78 is 35.4. The van der Waals surface area contributed by atoms with Crippen LogP contribution in [0.3, 0.4) is 0 Å². The van der Waals surface area contributed by atoms with Gasteiger partial charge in [-0.05, 0) is 42.8 Å². The van der Waals surface area contributed by atoms with Gasteiger partial charge in [0, 0.05) is 6.04 Å². The molecule has 1 atom stereocenters. The molecule has 21 heavy (non-hydrogen) atoms. The summed E-state index contributed by atoms with van der Waals surface area (Å²) in [4.78, 5) is -0.0417. The van der Waals surface area contributed by atoms with Crippen LogP contribution in [0.1, 0.15) is 18.5 Å². The van der Waals surface area contributed by atoms with Gasteiger partial charge in [-0.1, -0.05) is 12.1 Å². The van der Waals surface area contributed by atoms with Crippen LogP contribution in [0, 0.1) is 5.82 Å². The fraction of sp³-hybridized carbons (Fsp3) is 0.143. The van der Waals surface area contributed by atoms with Crippen molar-refractivity contribution in [2.75, 3.05) is 11.1 Å². The van der Waals surface area contributed by atoms with Crippen molar-refractivity contribution in [3.8, 4) is 0 Å². The number of nitrogen functional groups attached to an aromatic ring is 1. The second kappa shape index (κ2) is 5.71. The van der Waals surface area contributed by atoms with E-state index in [-0.39, 0.29) is 22.4 Å². The molecule has 0 bridgehead atoms. The van der Waals surface area contributed by atoms with Gasteiger partial charge in [-0.25, -0.2) is 17.9 Å². The highest BCUT2D eigenvalue weighted by molar-refractivity contribution is 7.89. The standard InChI is InChI=1S/C14H16FN3O2S/c1-9(10-2-4-11(15)5-3-10)18-14-7-6-12(8-13(14)16)21(17,19)20/h2-9,18H,16H2,1H3,(H2,17,19,20). The minimum absolute atomic E-state index is 0.0417. The molecule has 0 saturated carbocycles. The lowest BCUT2D eigenvalue weighted by Crippen LogP contribution is -2.13. The molecule has 0 spiro atoms. The molecule has 0 heterocycles. The lowest BCUT2D eigenvalue weighted by atomic mass is 10.1. The largest absolute Gasteiger partial charge is 0.397 e. The molecular weight excluding hydrogens is 293 g/mol. The number of sulfonamides is 1. The molecule has 0 amide bonds. The smallest absolute Gasteiger partial charge is 0.238 e. The molecular formula is C14H16FN3O2S. The molecule has 0 radical (unpaired) electrons. The zero-order valence-electron chi connectivity index (χ0n) is 11.4. The predicted octanol–water partition coefficient (Wildman–Crippen LogP) is 2.23. The highest BCUT2D eigenvalue weighted by atomic mass is 32.2. The Kier molecular flexibility index (Phi) is 4.15. The van der Waals surface area contributed by atoms with Crippen molar-refractivity contribution < 1.29 is 12.8 Å². The van der Waals surface area contributed by atoms with Crippen LogP contribution >= 0.6 is 0 Å². The van der Waals surface area contributed by atoms with Crippen molar-refractivity contribution in [3.63, 3.8) is 0 Å². The van der Waals surface area contributed by atoms with Crippen molar-refractivity contribution in [2.24, 2.45) is 5.14 Å². The Morgan fingerprint density at radius 2 is 1.76 bits per heavy atom. The Labute approximate surface area is 122 Å². The molecule has 0 fully saturated rings. The topological polar surface area (TPSA) is 98.2 Å². The van der Waals surface area contributed by atoms with Crippen LogP contribution < -0.4 is 16.2 Å². The van der Waals surface area contributed by atoms with E-state index in [0.717, 1.165) is 5.56 Å². The summed E-state index contributed by atoms with van der Waals surface area (Å²) in [6.45, 7) is 1.89. The molecule has 0 aliphatic heterocycles. The SMILES string of the molecule is CC(Nc1ccc(S(N)(=O)=O)cc1N)c1ccc(F)cc1. The first-order valence-electron chi connectivity index (χ1n) is 6.21. The Morgan fingerprint density at radius 3 is 2.29 bits per heavy atom. The summed E-state index contributed by atoms with van der Waals surface area (Å²) >= 11 is 0. The minimum atomic E-state index is -3.78. The van der Waals surface area contributed by atoms with Crippen LogP contribution in [0.2, 0.25) is 0 Å². The van der Waals surface area contributed by atoms with Crippen LogP contribution in [0.4, 0.5) is 15.8 Å². The van der Waals surface area contributed by atoms with Gasteiger partial charge in [0.15, 0.2) is 0 Å². The van der Waals surface area contributed by atoms with E-state index >= 15 is 0 Å². The Hall–Kier alpha value is -2.12. The molecule has 2 aromatic carbocycles. The van der Waals surface area contributed by atoms with E-state index in [4.69, 9.17) is 10.9 Å². The van der Waals surface area contributed by atoms with Gasteiger partial charge < -0.3 is 11.1 Å². The Morgan fingerprint density at radius 1 is 1.14 bits per heavy atom. The summed E-state index contributed by atoms with van der Waals surface area (Å²) in [5.41, 5.74) is 7.56. The van der Waals surface area contributed by atoms with Crippen LogP contribution in [-0.2, 0) is 10.0 Å². The van der Waals surface area contributed by atoms with Gasteiger partial charge in [0.2, 0.25) is 10.0 Å². The second-order valence-electron chi connectivity index (χ2n) is 4.71. The first kappa shape index (κ1) is 15.3. The molecule has 0 aliphatic carbocycles. The number of primary sulfonamides is 1. The summed E-state index contributed by atoms with van der Waals surface area (Å²) in [5, 5.41) is 8.18. The summed E-state index contributed by atoms with van der Waals surface area (Å²) in [5.74, 6) is -0.303. The zero-order valence-corrected chi connectivity index (χ0v) is 12.2. The number of nitrogens with two attached hydrogens (primary N) is 2. The van der Waals surface area contributed by atoms with E-state index < -0.39 is 10.0 Å². The number of hydrogen-bond donors (Lipinski definition) is 3. The molecule has 1 unspecified atom stereocenters. The maximum atomic E-state index is 12.9. The zero-order chi connectivity index (χ0) is 15.6. The average Bonchev–Trinajstić information content (AvgIpc) is 2.40. The number of halogens is 1. The summed E-state index contributed by atoms with van der Waals surface area (Å²) in [7, 11) is -3.78. The molecule has 2 aromatic rings. The maximum absolute atomic E-state index is 12.9. The quantitative estimate of drug-likeness (QED) is 0.754. The van der Waals surface area contributed by atoms with E-state index in [1.54, 1.807) is 18.2 Å². The molecule has 112 valence electrons. The van der Waals surface area contributed by atoms with Crippen molar-refractivity contribution in [1.29, 1.82) is 0 Å². The molecule has 0 aromatic heterocycles. The fourth-order valence-corrected chi connectivity index (χ4v) is 2.47. The van der Waals surface area contributed by atoms with E-state index in [2.05, 4.69) is 5.32 Å². The maximum Gasteiger partial charge on any atom is 0.238 e. The summed E-state index contributed by atoms with van der Waals surface area (Å²) in [6.07, 6.45) is 0. The van der Waals surface area contributed by atoms with Crippen LogP contribution in [0.25, 0.3) is 0 Å². The number of rotatable bonds is 4. The average molecular weight is 309 g/mol. The first-order chi connectivity index (χ1) is 9.77. The lowest BCUT2D eigenvalue weighted by Gasteiger charge is -2.17. The molecule has 5 N–H and O–H groups in total. The van der Waals surface area contributed by atoms with E-state index in [1.807, 2.05) is 6.92 Å². The van der Waals surface area contributed by atoms with Crippen molar-refractivity contribution in [3.05, 3.63) is 53.8 Å². The Bertz CT molecular complexity index is 745. The second-order valence-corrected chi connectivity index (χ2v) is 6.27. The van der Waals surface area contributed by atoms with Crippen molar-refractivity contribution in [1.82, 2.24) is 0 Å². The van der Waals surface area contributed by atoms with Gasteiger partial charge >= 0.3 is 0 Å². The van der Waals surface area contributed by atoms with Gasteiger partial charge in [0.1, 0.15) is 5.82 Å². The van der Waals surface area contributed by atoms with Crippen LogP contribution in [-0.4, -0.2) is 8.42 Å². The molecule has 2 rings (SSSR count). The van der Waals surface area contributed by atoms with Gasteiger partial charge in [-0.3, -0.25) is 0 Å². The Balaban J connectivity index is 2.22. The number of nitrogens with one attached hydrogen (secondary N) is 1. The number of anilines is 2. The van der Waals surface area contributed by atoms with Gasteiger partial charge in [0.25, 0.3) is 0 Å². The van der Waals surface area contributed by atoms with Crippen molar-refractivity contribution >= 4 is 21.4 Å². The highest BCUT2D eigenvalue weighted by Crippen LogP contribution is 2.26. The fourth-order valence-electron chi connectivity index (χ4n) is 1.92. The van der Waals surface area contributed by atoms with Crippen LogP contribution in [0.5, 0.6) is 0 Å². The third kappa shape index (κ3) is 3.71. The number of benzene rings is 2. The molecule has 0 saturated heterocycles. The molecule has 5 nitrogen and oxygen atoms in total. The van der Waals surface area contributed by atoms with Gasteiger partial charge in [-0.2, -0.15) is 0 Å². The van der Waals surface area contributed by atoms with Crippen molar-refractivity contribution in [2.45, 2.75) is 17.9 Å². The van der Waals surface area contributed by atoms with E-state index in [0.29, 0.717) is 5.69 Å². The van der Waals surface area contributed by atoms with Crippen LogP contribution in [0.15, 0.2) is 47.4 Å².